The number of carbonyl (C=O) groups excluding carboxylic acids is 1. The fourth-order valence-corrected chi connectivity index (χ4v) is 6.73. The van der Waals surface area contributed by atoms with Crippen LogP contribution in [0.3, 0.4) is 0 Å². The molecule has 3 fully saturated rings. The van der Waals surface area contributed by atoms with Crippen molar-refractivity contribution in [2.45, 2.75) is 70.2 Å². The Bertz CT molecular complexity index is 1350. The van der Waals surface area contributed by atoms with E-state index in [1.165, 1.54) is 37.6 Å². The second kappa shape index (κ2) is 10.2. The topological polar surface area (TPSA) is 90.1 Å². The predicted molar refractivity (Wildman–Crippen MR) is 152 cm³/mol. The average molecular weight is 550 g/mol. The predicted octanol–water partition coefficient (Wildman–Crippen LogP) is 5.19. The standard InChI is InChI=1S/C29H39N7O2S/c1-18-14-29(3,4)35(16-18)27-22(28(37)33-39-24-15-30-34(5)19(24)2)10-11-25(31-27)36-13-12-26(32-36)38-17-23(20-6-7-20)21-8-9-21/h10-13,15,18,20-21,23H,6-9,14,16-17H2,1-5H3,(H,33,37)/t18-/m0/s1. The zero-order chi connectivity index (χ0) is 27.3. The number of nitrogens with zero attached hydrogens (tertiary/aromatic N) is 6. The Balaban J connectivity index is 1.24. The van der Waals surface area contributed by atoms with Crippen molar-refractivity contribution in [3.63, 3.8) is 0 Å². The van der Waals surface area contributed by atoms with Crippen molar-refractivity contribution in [3.05, 3.63) is 41.9 Å². The molecule has 2 aliphatic carbocycles. The molecule has 1 aliphatic heterocycles. The minimum absolute atomic E-state index is 0.119. The molecule has 9 nitrogen and oxygen atoms in total. The van der Waals surface area contributed by atoms with E-state index < -0.39 is 0 Å². The van der Waals surface area contributed by atoms with E-state index in [1.54, 1.807) is 15.6 Å². The van der Waals surface area contributed by atoms with Gasteiger partial charge in [0.15, 0.2) is 5.82 Å². The van der Waals surface area contributed by atoms with Crippen molar-refractivity contribution in [2.24, 2.45) is 30.7 Å². The van der Waals surface area contributed by atoms with Gasteiger partial charge < -0.3 is 9.64 Å². The third kappa shape index (κ3) is 5.53. The fraction of sp³-hybridized carbons (Fsp3) is 0.586. The number of anilines is 1. The van der Waals surface area contributed by atoms with Crippen LogP contribution in [0.25, 0.3) is 5.82 Å². The van der Waals surface area contributed by atoms with Crippen molar-refractivity contribution in [1.82, 2.24) is 29.3 Å². The van der Waals surface area contributed by atoms with Crippen LogP contribution in [-0.2, 0) is 7.05 Å². The van der Waals surface area contributed by atoms with Crippen LogP contribution in [-0.4, -0.2) is 49.1 Å². The van der Waals surface area contributed by atoms with Crippen LogP contribution in [0.5, 0.6) is 5.88 Å². The molecule has 1 amide bonds. The first kappa shape index (κ1) is 26.2. The van der Waals surface area contributed by atoms with Gasteiger partial charge in [0.05, 0.1) is 29.0 Å². The third-order valence-electron chi connectivity index (χ3n) is 8.56. The van der Waals surface area contributed by atoms with E-state index in [9.17, 15) is 4.79 Å². The van der Waals surface area contributed by atoms with Gasteiger partial charge in [-0.1, -0.05) is 6.92 Å². The molecule has 0 aromatic carbocycles. The summed E-state index contributed by atoms with van der Waals surface area (Å²) in [5.41, 5.74) is 1.43. The lowest BCUT2D eigenvalue weighted by Crippen LogP contribution is -2.40. The van der Waals surface area contributed by atoms with Crippen LogP contribution < -0.4 is 14.4 Å². The van der Waals surface area contributed by atoms with E-state index >= 15 is 0 Å². The van der Waals surface area contributed by atoms with Crippen molar-refractivity contribution in [3.8, 4) is 11.7 Å². The number of aryl methyl sites for hydroxylation is 1. The van der Waals surface area contributed by atoms with Gasteiger partial charge in [-0.2, -0.15) is 5.10 Å². The number of hydrogen-bond acceptors (Lipinski definition) is 7. The minimum Gasteiger partial charge on any atom is -0.476 e. The molecule has 0 radical (unpaired) electrons. The number of ether oxygens (including phenoxy) is 1. The van der Waals surface area contributed by atoms with E-state index in [1.807, 2.05) is 38.4 Å². The molecule has 10 heteroatoms. The zero-order valence-corrected chi connectivity index (χ0v) is 24.4. The summed E-state index contributed by atoms with van der Waals surface area (Å²) in [6.45, 7) is 10.3. The molecule has 0 bridgehead atoms. The molecule has 0 spiro atoms. The number of nitrogens with one attached hydrogen (secondary N) is 1. The van der Waals surface area contributed by atoms with Gasteiger partial charge >= 0.3 is 0 Å². The first-order valence-electron chi connectivity index (χ1n) is 14.1. The van der Waals surface area contributed by atoms with Crippen LogP contribution in [0.1, 0.15) is 68.9 Å². The highest BCUT2D eigenvalue weighted by Gasteiger charge is 2.42. The van der Waals surface area contributed by atoms with Crippen LogP contribution in [0.15, 0.2) is 35.5 Å². The van der Waals surface area contributed by atoms with Crippen molar-refractivity contribution in [1.29, 1.82) is 0 Å². The first-order valence-corrected chi connectivity index (χ1v) is 14.9. The lowest BCUT2D eigenvalue weighted by atomic mass is 9.97. The summed E-state index contributed by atoms with van der Waals surface area (Å²) >= 11 is 1.28. The van der Waals surface area contributed by atoms with Gasteiger partial charge in [0.1, 0.15) is 5.82 Å². The molecule has 6 rings (SSSR count). The molecule has 1 saturated heterocycles. The quantitative estimate of drug-likeness (QED) is 0.348. The minimum atomic E-state index is -0.177. The molecular weight excluding hydrogens is 510 g/mol. The molecule has 4 heterocycles. The number of carbonyl (C=O) groups is 1. The maximum absolute atomic E-state index is 13.5. The smallest absolute Gasteiger partial charge is 0.265 e. The van der Waals surface area contributed by atoms with Crippen LogP contribution in [0.2, 0.25) is 0 Å². The van der Waals surface area contributed by atoms with Gasteiger partial charge in [0.2, 0.25) is 5.88 Å². The molecule has 208 valence electrons. The number of rotatable bonds is 10. The summed E-state index contributed by atoms with van der Waals surface area (Å²) in [7, 11) is 1.89. The molecule has 1 atom stereocenters. The van der Waals surface area contributed by atoms with Crippen molar-refractivity contribution < 1.29 is 9.53 Å². The van der Waals surface area contributed by atoms with Crippen LogP contribution in [0.4, 0.5) is 5.82 Å². The van der Waals surface area contributed by atoms with Gasteiger partial charge in [-0.15, -0.1) is 5.10 Å². The van der Waals surface area contributed by atoms with Gasteiger partial charge in [-0.3, -0.25) is 14.2 Å². The lowest BCUT2D eigenvalue weighted by molar-refractivity contribution is 0.0984. The second-order valence-electron chi connectivity index (χ2n) is 12.3. The number of amides is 1. The summed E-state index contributed by atoms with van der Waals surface area (Å²) in [5, 5.41) is 8.96. The maximum atomic E-state index is 13.5. The highest BCUT2D eigenvalue weighted by atomic mass is 32.2. The average Bonchev–Trinajstić information content (AvgIpc) is 3.82. The highest BCUT2D eigenvalue weighted by Crippen LogP contribution is 2.49. The maximum Gasteiger partial charge on any atom is 0.265 e. The van der Waals surface area contributed by atoms with Crippen LogP contribution in [0, 0.1) is 30.6 Å². The monoisotopic (exact) mass is 549 g/mol. The Kier molecular flexibility index (Phi) is 6.85. The Hall–Kier alpha value is -3.01. The summed E-state index contributed by atoms with van der Waals surface area (Å²) in [5.74, 6) is 4.66. The molecule has 39 heavy (non-hydrogen) atoms. The molecule has 2 saturated carbocycles. The second-order valence-corrected chi connectivity index (χ2v) is 13.1. The SMILES string of the molecule is Cc1c(SNC(=O)c2ccc(-n3ccc(OCC(C4CC4)C4CC4)n3)nc2N2C[C@@H](C)CC2(C)C)cnn1C. The Labute approximate surface area is 234 Å². The van der Waals surface area contributed by atoms with Crippen LogP contribution >= 0.6 is 11.9 Å². The van der Waals surface area contributed by atoms with E-state index in [-0.39, 0.29) is 11.4 Å². The molecule has 3 aromatic heterocycles. The van der Waals surface area contributed by atoms with Crippen molar-refractivity contribution >= 4 is 23.7 Å². The summed E-state index contributed by atoms with van der Waals surface area (Å²) in [4.78, 5) is 21.7. The molecule has 1 N–H and O–H groups in total. The van der Waals surface area contributed by atoms with E-state index in [0.717, 1.165) is 42.0 Å². The number of aromatic nitrogens is 5. The van der Waals surface area contributed by atoms with Gasteiger partial charge in [0.25, 0.3) is 5.91 Å². The number of hydrogen-bond donors (Lipinski definition) is 1. The van der Waals surface area contributed by atoms with Gasteiger partial charge in [-0.25, -0.2) is 9.67 Å². The Morgan fingerprint density at radius 1 is 1.21 bits per heavy atom. The third-order valence-corrected chi connectivity index (χ3v) is 9.46. The van der Waals surface area contributed by atoms with E-state index in [2.05, 4.69) is 35.5 Å². The first-order chi connectivity index (χ1) is 18.7. The summed E-state index contributed by atoms with van der Waals surface area (Å²) in [6, 6.07) is 5.63. The van der Waals surface area contributed by atoms with Gasteiger partial charge in [0, 0.05) is 31.4 Å². The normalized spacial score (nSPS) is 20.6. The van der Waals surface area contributed by atoms with E-state index in [0.29, 0.717) is 34.9 Å². The summed E-state index contributed by atoms with van der Waals surface area (Å²) in [6.07, 6.45) is 10.1. The largest absolute Gasteiger partial charge is 0.476 e. The fourth-order valence-electron chi connectivity index (χ4n) is 6.04. The van der Waals surface area contributed by atoms with Gasteiger partial charge in [-0.05, 0) is 101 Å². The molecule has 3 aromatic rings. The Morgan fingerprint density at radius 2 is 1.95 bits per heavy atom. The molecule has 0 unspecified atom stereocenters. The highest BCUT2D eigenvalue weighted by molar-refractivity contribution is 7.98. The van der Waals surface area contributed by atoms with E-state index in [4.69, 9.17) is 14.8 Å². The lowest BCUT2D eigenvalue weighted by Gasteiger charge is -2.34. The molecule has 3 aliphatic rings. The van der Waals surface area contributed by atoms with Crippen molar-refractivity contribution in [2.75, 3.05) is 18.1 Å². The molecular formula is C29H39N7O2S. The zero-order valence-electron chi connectivity index (χ0n) is 23.6. The summed E-state index contributed by atoms with van der Waals surface area (Å²) < 4.78 is 12.7. The Morgan fingerprint density at radius 3 is 2.56 bits per heavy atom. The number of pyridine rings is 1.